The monoisotopic (exact) mass is 430 g/mol. The molecule has 1 unspecified atom stereocenters. The van der Waals surface area contributed by atoms with Crippen LogP contribution >= 0.6 is 0 Å². The summed E-state index contributed by atoms with van der Waals surface area (Å²) in [6, 6.07) is 0. The number of hydrogen-bond donors (Lipinski definition) is 2. The van der Waals surface area contributed by atoms with E-state index in [-0.39, 0.29) is 36.8 Å². The molecule has 1 aliphatic rings. The lowest BCUT2D eigenvalue weighted by atomic mass is 9.84. The highest BCUT2D eigenvalue weighted by Gasteiger charge is 2.42. The lowest BCUT2D eigenvalue weighted by molar-refractivity contribution is -0.140. The normalized spacial score (nSPS) is 24.8. The quantitative estimate of drug-likeness (QED) is 0.250. The van der Waals surface area contributed by atoms with Crippen molar-refractivity contribution in [3.05, 3.63) is 0 Å². The SMILES string of the molecule is CCCCCC(CC[C@@H]1[C@@H](CCCCCCC(=O)OC)[C@@H](O)C[C@H]1OCCO)OC. The number of hydrogen-bond acceptors (Lipinski definition) is 6. The van der Waals surface area contributed by atoms with Crippen LogP contribution in [0, 0.1) is 11.8 Å². The van der Waals surface area contributed by atoms with Crippen LogP contribution in [0.25, 0.3) is 0 Å². The van der Waals surface area contributed by atoms with E-state index in [1.165, 1.54) is 26.4 Å². The van der Waals surface area contributed by atoms with E-state index in [1.807, 2.05) is 0 Å². The summed E-state index contributed by atoms with van der Waals surface area (Å²) < 4.78 is 16.3. The summed E-state index contributed by atoms with van der Waals surface area (Å²) in [5.74, 6) is 0.407. The van der Waals surface area contributed by atoms with Crippen LogP contribution in [0.15, 0.2) is 0 Å². The molecule has 0 heterocycles. The van der Waals surface area contributed by atoms with Crippen LogP contribution in [-0.4, -0.2) is 61.9 Å². The Bertz CT molecular complexity index is 430. The number of carbonyl (C=O) groups excluding carboxylic acids is 1. The Labute approximate surface area is 183 Å². The van der Waals surface area contributed by atoms with Crippen molar-refractivity contribution in [2.24, 2.45) is 11.8 Å². The van der Waals surface area contributed by atoms with Crippen molar-refractivity contribution < 1.29 is 29.2 Å². The Kier molecular flexibility index (Phi) is 15.4. The van der Waals surface area contributed by atoms with E-state index in [1.54, 1.807) is 7.11 Å². The van der Waals surface area contributed by atoms with Crippen molar-refractivity contribution in [3.63, 3.8) is 0 Å². The van der Waals surface area contributed by atoms with Crippen LogP contribution in [0.4, 0.5) is 0 Å². The first-order valence-corrected chi connectivity index (χ1v) is 12.1. The Morgan fingerprint density at radius 2 is 1.77 bits per heavy atom. The molecule has 0 saturated heterocycles. The second kappa shape index (κ2) is 16.9. The zero-order valence-corrected chi connectivity index (χ0v) is 19.5. The van der Waals surface area contributed by atoms with E-state index >= 15 is 0 Å². The maximum Gasteiger partial charge on any atom is 0.305 e. The molecule has 6 heteroatoms. The third kappa shape index (κ3) is 10.6. The fourth-order valence-electron chi connectivity index (χ4n) is 4.84. The highest BCUT2D eigenvalue weighted by atomic mass is 16.5. The van der Waals surface area contributed by atoms with Gasteiger partial charge in [-0.2, -0.15) is 0 Å². The van der Waals surface area contributed by atoms with Gasteiger partial charge in [0, 0.05) is 20.0 Å². The lowest BCUT2D eigenvalue weighted by Crippen LogP contribution is -2.26. The molecule has 0 aromatic carbocycles. The van der Waals surface area contributed by atoms with E-state index in [0.29, 0.717) is 25.4 Å². The van der Waals surface area contributed by atoms with Crippen molar-refractivity contribution >= 4 is 5.97 Å². The summed E-state index contributed by atoms with van der Waals surface area (Å²) >= 11 is 0. The Morgan fingerprint density at radius 3 is 2.43 bits per heavy atom. The smallest absolute Gasteiger partial charge is 0.305 e. The van der Waals surface area contributed by atoms with Gasteiger partial charge < -0.3 is 24.4 Å². The Balaban J connectivity index is 2.51. The fourth-order valence-corrected chi connectivity index (χ4v) is 4.84. The van der Waals surface area contributed by atoms with E-state index in [2.05, 4.69) is 11.7 Å². The van der Waals surface area contributed by atoms with Gasteiger partial charge in [-0.05, 0) is 43.9 Å². The number of ether oxygens (including phenoxy) is 3. The number of aliphatic hydroxyl groups excluding tert-OH is 2. The first-order valence-electron chi connectivity index (χ1n) is 12.1. The predicted octanol–water partition coefficient (Wildman–Crippen LogP) is 4.25. The van der Waals surface area contributed by atoms with Crippen LogP contribution < -0.4 is 0 Å². The molecule has 1 fully saturated rings. The van der Waals surface area contributed by atoms with Gasteiger partial charge in [0.2, 0.25) is 0 Å². The van der Waals surface area contributed by atoms with E-state index in [4.69, 9.17) is 14.6 Å². The molecule has 178 valence electrons. The van der Waals surface area contributed by atoms with Gasteiger partial charge in [0.15, 0.2) is 0 Å². The molecule has 0 aromatic heterocycles. The average Bonchev–Trinajstić information content (AvgIpc) is 3.05. The molecule has 30 heavy (non-hydrogen) atoms. The van der Waals surface area contributed by atoms with Gasteiger partial charge in [-0.1, -0.05) is 45.4 Å². The molecule has 0 spiro atoms. The van der Waals surface area contributed by atoms with Crippen LogP contribution in [-0.2, 0) is 19.0 Å². The highest BCUT2D eigenvalue weighted by molar-refractivity contribution is 5.68. The van der Waals surface area contributed by atoms with Crippen molar-refractivity contribution in [1.82, 2.24) is 0 Å². The van der Waals surface area contributed by atoms with Gasteiger partial charge in [0.25, 0.3) is 0 Å². The van der Waals surface area contributed by atoms with Crippen LogP contribution in [0.2, 0.25) is 0 Å². The molecule has 1 rings (SSSR count). The molecular formula is C24H46O6. The second-order valence-electron chi connectivity index (χ2n) is 8.72. The van der Waals surface area contributed by atoms with E-state index in [0.717, 1.165) is 51.4 Å². The summed E-state index contributed by atoms with van der Waals surface area (Å²) in [4.78, 5) is 11.2. The molecule has 0 aliphatic heterocycles. The maximum atomic E-state index is 11.2. The first-order chi connectivity index (χ1) is 14.6. The maximum absolute atomic E-state index is 11.2. The topological polar surface area (TPSA) is 85.2 Å². The predicted molar refractivity (Wildman–Crippen MR) is 118 cm³/mol. The van der Waals surface area contributed by atoms with Gasteiger partial charge in [-0.3, -0.25) is 4.79 Å². The summed E-state index contributed by atoms with van der Waals surface area (Å²) in [7, 11) is 3.23. The minimum absolute atomic E-state index is 0.0158. The molecule has 1 aliphatic carbocycles. The number of methoxy groups -OCH3 is 2. The second-order valence-corrected chi connectivity index (χ2v) is 8.72. The third-order valence-corrected chi connectivity index (χ3v) is 6.60. The molecule has 6 nitrogen and oxygen atoms in total. The van der Waals surface area contributed by atoms with Crippen LogP contribution in [0.5, 0.6) is 0 Å². The summed E-state index contributed by atoms with van der Waals surface area (Å²) in [6.45, 7) is 2.56. The molecule has 0 radical (unpaired) electrons. The summed E-state index contributed by atoms with van der Waals surface area (Å²) in [5, 5.41) is 19.9. The van der Waals surface area contributed by atoms with Gasteiger partial charge >= 0.3 is 5.97 Å². The fraction of sp³-hybridized carbons (Fsp3) is 0.958. The van der Waals surface area contributed by atoms with Crippen molar-refractivity contribution in [2.45, 2.75) is 109 Å². The van der Waals surface area contributed by atoms with Gasteiger partial charge in [0.05, 0.1) is 38.6 Å². The van der Waals surface area contributed by atoms with Gasteiger partial charge in [-0.25, -0.2) is 0 Å². The lowest BCUT2D eigenvalue weighted by Gasteiger charge is -2.27. The van der Waals surface area contributed by atoms with Crippen LogP contribution in [0.1, 0.15) is 90.4 Å². The summed E-state index contributed by atoms with van der Waals surface area (Å²) in [6.07, 6.45) is 12.8. The average molecular weight is 431 g/mol. The van der Waals surface area contributed by atoms with Gasteiger partial charge in [-0.15, -0.1) is 0 Å². The van der Waals surface area contributed by atoms with E-state index < -0.39 is 0 Å². The summed E-state index contributed by atoms with van der Waals surface area (Å²) in [5.41, 5.74) is 0. The number of unbranched alkanes of at least 4 members (excludes halogenated alkanes) is 5. The van der Waals surface area contributed by atoms with Gasteiger partial charge in [0.1, 0.15) is 0 Å². The number of carbonyl (C=O) groups is 1. The van der Waals surface area contributed by atoms with Crippen molar-refractivity contribution in [2.75, 3.05) is 27.4 Å². The minimum atomic E-state index is -0.338. The number of esters is 1. The number of rotatable bonds is 18. The zero-order chi connectivity index (χ0) is 22.2. The first kappa shape index (κ1) is 27.3. The van der Waals surface area contributed by atoms with Crippen molar-refractivity contribution in [1.29, 1.82) is 0 Å². The Hall–Kier alpha value is -0.690. The van der Waals surface area contributed by atoms with Crippen molar-refractivity contribution in [3.8, 4) is 0 Å². The minimum Gasteiger partial charge on any atom is -0.469 e. The Morgan fingerprint density at radius 1 is 1.00 bits per heavy atom. The molecule has 0 aromatic rings. The highest BCUT2D eigenvalue weighted by Crippen LogP contribution is 2.41. The van der Waals surface area contributed by atoms with Crippen LogP contribution in [0.3, 0.4) is 0 Å². The molecule has 0 bridgehead atoms. The molecule has 0 amide bonds. The zero-order valence-electron chi connectivity index (χ0n) is 19.5. The molecule has 2 N–H and O–H groups in total. The molecular weight excluding hydrogens is 384 g/mol. The van der Waals surface area contributed by atoms with E-state index in [9.17, 15) is 9.90 Å². The number of aliphatic hydroxyl groups is 2. The molecule has 1 saturated carbocycles. The third-order valence-electron chi connectivity index (χ3n) is 6.60. The molecule has 5 atom stereocenters. The largest absolute Gasteiger partial charge is 0.469 e. The standard InChI is InChI=1S/C24H46O6/c1-4-5-8-11-19(28-2)14-15-21-20(22(26)18-23(21)30-17-16-25)12-9-6-7-10-13-24(27)29-3/h19-23,25-26H,4-18H2,1-3H3/t19?,20-,21-,22+,23-/m1/s1.